The average molecular weight is 312 g/mol. The molecule has 0 bridgehead atoms. The zero-order valence-corrected chi connectivity index (χ0v) is 13.5. The van der Waals surface area contributed by atoms with Gasteiger partial charge in [-0.1, -0.05) is 13.3 Å². The molecule has 2 heterocycles. The Kier molecular flexibility index (Phi) is 5.39. The zero-order chi connectivity index (χ0) is 15.3. The van der Waals surface area contributed by atoms with Crippen molar-refractivity contribution in [3.8, 4) is 0 Å². The third kappa shape index (κ3) is 3.84. The molecule has 7 heteroatoms. The molecular formula is C14H24N4O2S. The van der Waals surface area contributed by atoms with E-state index in [0.29, 0.717) is 12.3 Å². The summed E-state index contributed by atoms with van der Waals surface area (Å²) in [4.78, 5) is 8.57. The molecule has 2 N–H and O–H groups in total. The Bertz CT molecular complexity index is 574. The van der Waals surface area contributed by atoms with E-state index in [-0.39, 0.29) is 5.25 Å². The molecule has 0 radical (unpaired) electrons. The highest BCUT2D eigenvalue weighted by molar-refractivity contribution is 7.92. The van der Waals surface area contributed by atoms with Crippen molar-refractivity contribution >= 4 is 21.5 Å². The molecule has 1 atom stereocenters. The smallest absolute Gasteiger partial charge is 0.154 e. The van der Waals surface area contributed by atoms with Crippen LogP contribution < -0.4 is 10.6 Å². The van der Waals surface area contributed by atoms with Gasteiger partial charge in [-0.3, -0.25) is 0 Å². The van der Waals surface area contributed by atoms with Crippen LogP contribution >= 0.6 is 0 Å². The molecule has 0 aromatic carbocycles. The van der Waals surface area contributed by atoms with Crippen LogP contribution in [0.5, 0.6) is 0 Å². The summed E-state index contributed by atoms with van der Waals surface area (Å²) in [6.45, 7) is 5.36. The third-order valence-electron chi connectivity index (χ3n) is 3.75. The lowest BCUT2D eigenvalue weighted by atomic mass is 10.1. The minimum Gasteiger partial charge on any atom is -0.370 e. The summed E-state index contributed by atoms with van der Waals surface area (Å²) in [5.41, 5.74) is 1.04. The molecule has 0 saturated carbocycles. The Morgan fingerprint density at radius 3 is 2.52 bits per heavy atom. The van der Waals surface area contributed by atoms with E-state index < -0.39 is 9.84 Å². The van der Waals surface area contributed by atoms with E-state index >= 15 is 0 Å². The molecule has 0 spiro atoms. The fourth-order valence-corrected chi connectivity index (χ4v) is 4.43. The number of anilines is 2. The van der Waals surface area contributed by atoms with Crippen molar-refractivity contribution in [2.45, 2.75) is 44.8 Å². The number of hydrogen-bond acceptors (Lipinski definition) is 6. The third-order valence-corrected chi connectivity index (χ3v) is 6.03. The van der Waals surface area contributed by atoms with E-state index in [1.54, 1.807) is 0 Å². The molecule has 1 aromatic rings. The van der Waals surface area contributed by atoms with Crippen molar-refractivity contribution in [2.24, 2.45) is 0 Å². The summed E-state index contributed by atoms with van der Waals surface area (Å²) in [5, 5.41) is 6.17. The lowest BCUT2D eigenvalue weighted by molar-refractivity contribution is 0.591. The van der Waals surface area contributed by atoms with Gasteiger partial charge in [-0.05, 0) is 26.2 Å². The van der Waals surface area contributed by atoms with Gasteiger partial charge in [0.2, 0.25) is 0 Å². The standard InChI is InChI=1S/C14H24N4O2S/c1-3-6-12-13(15-4-2)17-10-18-14(12)16-9-11-7-5-8-21(11,19)20/h10-11H,3-9H2,1-2H3,(H2,15,16,17,18). The fourth-order valence-electron chi connectivity index (χ4n) is 2.67. The number of nitrogens with one attached hydrogen (secondary N) is 2. The lowest BCUT2D eigenvalue weighted by Crippen LogP contribution is -2.26. The molecule has 1 aromatic heterocycles. The second-order valence-corrected chi connectivity index (χ2v) is 7.74. The molecule has 1 aliphatic rings. The van der Waals surface area contributed by atoms with Crippen LogP contribution in [-0.4, -0.2) is 42.5 Å². The first-order chi connectivity index (χ1) is 10.1. The quantitative estimate of drug-likeness (QED) is 0.799. The van der Waals surface area contributed by atoms with Crippen LogP contribution in [0, 0.1) is 0 Å². The van der Waals surface area contributed by atoms with E-state index in [2.05, 4.69) is 27.5 Å². The first kappa shape index (κ1) is 16.0. The van der Waals surface area contributed by atoms with Crippen molar-refractivity contribution in [2.75, 3.05) is 29.5 Å². The maximum Gasteiger partial charge on any atom is 0.154 e. The van der Waals surface area contributed by atoms with Crippen LogP contribution in [0.4, 0.5) is 11.6 Å². The van der Waals surface area contributed by atoms with Gasteiger partial charge in [0.15, 0.2) is 9.84 Å². The van der Waals surface area contributed by atoms with Crippen LogP contribution in [0.15, 0.2) is 6.33 Å². The molecule has 6 nitrogen and oxygen atoms in total. The number of sulfone groups is 1. The summed E-state index contributed by atoms with van der Waals surface area (Å²) >= 11 is 0. The molecule has 0 amide bonds. The molecule has 2 rings (SSSR count). The van der Waals surface area contributed by atoms with E-state index in [1.807, 2.05) is 6.92 Å². The Hall–Kier alpha value is -1.37. The Morgan fingerprint density at radius 1 is 1.24 bits per heavy atom. The Labute approximate surface area is 126 Å². The molecule has 21 heavy (non-hydrogen) atoms. The minimum absolute atomic E-state index is 0.287. The molecule has 1 saturated heterocycles. The first-order valence-electron chi connectivity index (χ1n) is 7.61. The highest BCUT2D eigenvalue weighted by atomic mass is 32.2. The number of rotatable bonds is 7. The second-order valence-electron chi connectivity index (χ2n) is 5.34. The van der Waals surface area contributed by atoms with Gasteiger partial charge in [-0.25, -0.2) is 18.4 Å². The van der Waals surface area contributed by atoms with E-state index in [9.17, 15) is 8.42 Å². The van der Waals surface area contributed by atoms with Crippen molar-refractivity contribution < 1.29 is 8.42 Å². The predicted molar refractivity (Wildman–Crippen MR) is 85.5 cm³/mol. The number of nitrogens with zero attached hydrogens (tertiary/aromatic N) is 2. The minimum atomic E-state index is -2.92. The van der Waals surface area contributed by atoms with Crippen molar-refractivity contribution in [1.82, 2.24) is 9.97 Å². The van der Waals surface area contributed by atoms with E-state index in [0.717, 1.165) is 49.4 Å². The molecular weight excluding hydrogens is 288 g/mol. The van der Waals surface area contributed by atoms with Crippen LogP contribution in [0.3, 0.4) is 0 Å². The molecule has 1 aliphatic heterocycles. The van der Waals surface area contributed by atoms with Crippen LogP contribution in [0.2, 0.25) is 0 Å². The van der Waals surface area contributed by atoms with Gasteiger partial charge in [0.05, 0.1) is 11.0 Å². The fraction of sp³-hybridized carbons (Fsp3) is 0.714. The Morgan fingerprint density at radius 2 is 1.95 bits per heavy atom. The topological polar surface area (TPSA) is 84.0 Å². The molecule has 0 aliphatic carbocycles. The van der Waals surface area contributed by atoms with Crippen molar-refractivity contribution in [1.29, 1.82) is 0 Å². The largest absolute Gasteiger partial charge is 0.370 e. The van der Waals surface area contributed by atoms with Gasteiger partial charge in [0, 0.05) is 18.7 Å². The summed E-state index contributed by atoms with van der Waals surface area (Å²) < 4.78 is 23.8. The highest BCUT2D eigenvalue weighted by Crippen LogP contribution is 2.24. The normalized spacial score (nSPS) is 20.4. The average Bonchev–Trinajstić information content (AvgIpc) is 2.78. The van der Waals surface area contributed by atoms with Crippen LogP contribution in [0.1, 0.15) is 38.7 Å². The van der Waals surface area contributed by atoms with Crippen molar-refractivity contribution in [3.05, 3.63) is 11.9 Å². The summed E-state index contributed by atoms with van der Waals surface area (Å²) in [5.74, 6) is 1.91. The Balaban J connectivity index is 2.13. The summed E-state index contributed by atoms with van der Waals surface area (Å²) in [6.07, 6.45) is 4.88. The first-order valence-corrected chi connectivity index (χ1v) is 9.33. The van der Waals surface area contributed by atoms with E-state index in [1.165, 1.54) is 6.33 Å². The highest BCUT2D eigenvalue weighted by Gasteiger charge is 2.31. The zero-order valence-electron chi connectivity index (χ0n) is 12.7. The summed E-state index contributed by atoms with van der Waals surface area (Å²) in [6, 6.07) is 0. The van der Waals surface area contributed by atoms with E-state index in [4.69, 9.17) is 0 Å². The molecule has 118 valence electrons. The predicted octanol–water partition coefficient (Wildman–Crippen LogP) is 1.85. The SMILES string of the molecule is CCCc1c(NCC)ncnc1NCC1CCCS1(=O)=O. The lowest BCUT2D eigenvalue weighted by Gasteiger charge is -2.16. The van der Waals surface area contributed by atoms with Gasteiger partial charge in [0.25, 0.3) is 0 Å². The van der Waals surface area contributed by atoms with Gasteiger partial charge >= 0.3 is 0 Å². The summed E-state index contributed by atoms with van der Waals surface area (Å²) in [7, 11) is -2.92. The molecule has 1 unspecified atom stereocenters. The van der Waals surface area contributed by atoms with Gasteiger partial charge in [-0.2, -0.15) is 0 Å². The van der Waals surface area contributed by atoms with Gasteiger partial charge in [0.1, 0.15) is 18.0 Å². The van der Waals surface area contributed by atoms with Crippen LogP contribution in [-0.2, 0) is 16.3 Å². The van der Waals surface area contributed by atoms with Gasteiger partial charge in [-0.15, -0.1) is 0 Å². The van der Waals surface area contributed by atoms with Crippen molar-refractivity contribution in [3.63, 3.8) is 0 Å². The second kappa shape index (κ2) is 7.06. The number of hydrogen-bond donors (Lipinski definition) is 2. The van der Waals surface area contributed by atoms with Gasteiger partial charge < -0.3 is 10.6 Å². The maximum atomic E-state index is 11.9. The maximum absolute atomic E-state index is 11.9. The number of aromatic nitrogens is 2. The molecule has 1 fully saturated rings. The van der Waals surface area contributed by atoms with Crippen LogP contribution in [0.25, 0.3) is 0 Å². The monoisotopic (exact) mass is 312 g/mol.